The van der Waals surface area contributed by atoms with Gasteiger partial charge in [0, 0.05) is 17.6 Å². The number of fused-ring (bicyclic) bond motifs is 1. The molecule has 1 saturated heterocycles. The Kier molecular flexibility index (Phi) is 10.1. The van der Waals surface area contributed by atoms with Gasteiger partial charge in [-0.3, -0.25) is 4.79 Å². The van der Waals surface area contributed by atoms with Gasteiger partial charge < -0.3 is 20.5 Å². The highest BCUT2D eigenvalue weighted by atomic mass is 16.5. The number of anilines is 1. The Morgan fingerprint density at radius 1 is 1.23 bits per heavy atom. The van der Waals surface area contributed by atoms with Gasteiger partial charge in [-0.15, -0.1) is 0 Å². The van der Waals surface area contributed by atoms with E-state index >= 15 is 0 Å². The molecule has 2 aliphatic rings. The molecule has 0 atom stereocenters. The Labute approximate surface area is 178 Å². The van der Waals surface area contributed by atoms with Crippen LogP contribution in [0, 0.1) is 11.3 Å². The Morgan fingerprint density at radius 3 is 2.63 bits per heavy atom. The molecule has 0 spiro atoms. The number of unbranched alkanes of at least 4 members (excludes halogenated alkanes) is 2. The topological polar surface area (TPSA) is 125 Å². The number of hydrogen-bond donors (Lipinski definition) is 2. The van der Waals surface area contributed by atoms with E-state index in [0.29, 0.717) is 24.9 Å². The van der Waals surface area contributed by atoms with Gasteiger partial charge in [0.05, 0.1) is 18.4 Å². The van der Waals surface area contributed by atoms with Gasteiger partial charge in [-0.05, 0) is 63.7 Å². The minimum absolute atomic E-state index is 0.250. The summed E-state index contributed by atoms with van der Waals surface area (Å²) < 4.78 is 5.66. The van der Waals surface area contributed by atoms with Crippen molar-refractivity contribution in [2.75, 3.05) is 32.0 Å². The van der Waals surface area contributed by atoms with E-state index in [2.05, 4.69) is 27.9 Å². The first-order valence-corrected chi connectivity index (χ1v) is 10.9. The molecule has 1 aromatic rings. The van der Waals surface area contributed by atoms with Crippen LogP contribution in [0.4, 0.5) is 5.82 Å². The molecular formula is C22H33N5O3. The molecule has 30 heavy (non-hydrogen) atoms. The molecule has 3 rings (SSSR count). The molecule has 0 unspecified atom stereocenters. The van der Waals surface area contributed by atoms with Crippen molar-refractivity contribution in [2.24, 2.45) is 0 Å². The quantitative estimate of drug-likeness (QED) is 0.464. The first-order valence-electron chi connectivity index (χ1n) is 10.9. The van der Waals surface area contributed by atoms with Crippen LogP contribution in [0.3, 0.4) is 0 Å². The van der Waals surface area contributed by atoms with E-state index in [1.807, 2.05) is 0 Å². The molecule has 0 saturated carbocycles. The number of nitrogens with zero attached hydrogens (tertiary/aromatic N) is 4. The van der Waals surface area contributed by atoms with Gasteiger partial charge in [-0.1, -0.05) is 19.8 Å². The van der Waals surface area contributed by atoms with Gasteiger partial charge in [0.1, 0.15) is 5.82 Å². The number of allylic oxidation sites excluding steroid dienone is 2. The molecular weight excluding hydrogens is 382 g/mol. The highest BCUT2D eigenvalue weighted by molar-refractivity contribution is 5.79. The van der Waals surface area contributed by atoms with Crippen LogP contribution < -0.4 is 10.5 Å². The largest absolute Gasteiger partial charge is 0.483 e. The summed E-state index contributed by atoms with van der Waals surface area (Å²) in [6.07, 6.45) is 9.68. The Balaban J connectivity index is 0.00000101. The molecule has 0 bridgehead atoms. The molecule has 8 nitrogen and oxygen atoms in total. The lowest BCUT2D eigenvalue weighted by molar-refractivity contribution is -0.122. The molecule has 164 valence electrons. The molecule has 1 fully saturated rings. The van der Waals surface area contributed by atoms with Gasteiger partial charge in [-0.25, -0.2) is 0 Å². The predicted octanol–water partition coefficient (Wildman–Crippen LogP) is 3.43. The van der Waals surface area contributed by atoms with Gasteiger partial charge >= 0.3 is 6.01 Å². The zero-order valence-corrected chi connectivity index (χ0v) is 17.9. The van der Waals surface area contributed by atoms with Gasteiger partial charge in [-0.2, -0.15) is 15.2 Å². The fourth-order valence-electron chi connectivity index (χ4n) is 3.90. The SMILES string of the molecule is CCCCOc1nc(N)c2c(n1)C(CCCCN1CCCCC1)=C(C#N)C2.O=CO. The molecule has 8 heteroatoms. The maximum absolute atomic E-state index is 9.57. The van der Waals surface area contributed by atoms with E-state index in [0.717, 1.165) is 61.1 Å². The third kappa shape index (κ3) is 6.70. The molecule has 0 amide bonds. The molecule has 1 aromatic heterocycles. The highest BCUT2D eigenvalue weighted by Gasteiger charge is 2.26. The number of carbonyl (C=O) groups is 1. The van der Waals surface area contributed by atoms with Crippen molar-refractivity contribution in [3.63, 3.8) is 0 Å². The number of ether oxygens (including phenoxy) is 1. The van der Waals surface area contributed by atoms with Crippen LogP contribution in [0.15, 0.2) is 5.57 Å². The van der Waals surface area contributed by atoms with Crippen molar-refractivity contribution in [1.29, 1.82) is 5.26 Å². The first kappa shape index (κ1) is 23.6. The van der Waals surface area contributed by atoms with Crippen molar-refractivity contribution >= 4 is 17.9 Å². The molecule has 0 aromatic carbocycles. The Morgan fingerprint density at radius 2 is 1.97 bits per heavy atom. The average Bonchev–Trinajstić information content (AvgIpc) is 3.11. The summed E-state index contributed by atoms with van der Waals surface area (Å²) >= 11 is 0. The standard InChI is InChI=1S/C21H31N5O.CH2O2/c1-2-3-13-27-21-24-19-17(16(15-22)14-18(19)20(23)25-21)9-5-8-12-26-10-6-4-7-11-26;2-1-3/h2-14H2,1H3,(H2,23,24,25);1H,(H,2,3). The third-order valence-corrected chi connectivity index (χ3v) is 5.49. The molecule has 0 radical (unpaired) electrons. The van der Waals surface area contributed by atoms with Crippen molar-refractivity contribution in [1.82, 2.24) is 14.9 Å². The lowest BCUT2D eigenvalue weighted by Gasteiger charge is -2.26. The van der Waals surface area contributed by atoms with E-state index in [4.69, 9.17) is 20.4 Å². The number of carboxylic acid groups (broad SMARTS) is 1. The summed E-state index contributed by atoms with van der Waals surface area (Å²) in [5.41, 5.74) is 9.69. The molecule has 2 heterocycles. The van der Waals surface area contributed by atoms with E-state index in [1.54, 1.807) is 0 Å². The number of nitriles is 1. The third-order valence-electron chi connectivity index (χ3n) is 5.49. The van der Waals surface area contributed by atoms with Crippen molar-refractivity contribution < 1.29 is 14.6 Å². The summed E-state index contributed by atoms with van der Waals surface area (Å²) in [5.74, 6) is 0.447. The average molecular weight is 416 g/mol. The second kappa shape index (κ2) is 12.8. The van der Waals surface area contributed by atoms with Gasteiger partial charge in [0.25, 0.3) is 6.47 Å². The smallest absolute Gasteiger partial charge is 0.318 e. The lowest BCUT2D eigenvalue weighted by Crippen LogP contribution is -2.30. The zero-order valence-electron chi connectivity index (χ0n) is 17.9. The van der Waals surface area contributed by atoms with Crippen LogP contribution in [0.1, 0.15) is 69.5 Å². The zero-order chi connectivity index (χ0) is 21.8. The van der Waals surface area contributed by atoms with Gasteiger partial charge in [0.15, 0.2) is 0 Å². The second-order valence-corrected chi connectivity index (χ2v) is 7.63. The van der Waals surface area contributed by atoms with Crippen molar-refractivity contribution in [2.45, 2.75) is 64.7 Å². The maximum atomic E-state index is 9.57. The highest BCUT2D eigenvalue weighted by Crippen LogP contribution is 2.37. The number of nitrogens with two attached hydrogens (primary N) is 1. The van der Waals surface area contributed by atoms with Crippen LogP contribution >= 0.6 is 0 Å². The van der Waals surface area contributed by atoms with Crippen LogP contribution in [0.25, 0.3) is 5.57 Å². The number of hydrogen-bond acceptors (Lipinski definition) is 7. The van der Waals surface area contributed by atoms with Gasteiger partial charge in [0.2, 0.25) is 0 Å². The van der Waals surface area contributed by atoms with Crippen LogP contribution in [0.5, 0.6) is 6.01 Å². The fraction of sp³-hybridized carbons (Fsp3) is 0.636. The molecule has 1 aliphatic carbocycles. The second-order valence-electron chi connectivity index (χ2n) is 7.63. The minimum Gasteiger partial charge on any atom is -0.483 e. The van der Waals surface area contributed by atoms with E-state index < -0.39 is 0 Å². The minimum atomic E-state index is -0.250. The van der Waals surface area contributed by atoms with E-state index in [-0.39, 0.29) is 6.47 Å². The number of piperidine rings is 1. The normalized spacial score (nSPS) is 15.7. The number of rotatable bonds is 9. The van der Waals surface area contributed by atoms with Crippen LogP contribution in [0.2, 0.25) is 0 Å². The van der Waals surface area contributed by atoms with E-state index in [9.17, 15) is 5.26 Å². The number of aromatic nitrogens is 2. The predicted molar refractivity (Wildman–Crippen MR) is 116 cm³/mol. The lowest BCUT2D eigenvalue weighted by atomic mass is 10.0. The fourth-order valence-corrected chi connectivity index (χ4v) is 3.90. The number of nitrogen functional groups attached to an aromatic ring is 1. The van der Waals surface area contributed by atoms with E-state index in [1.165, 1.54) is 32.4 Å². The summed E-state index contributed by atoms with van der Waals surface area (Å²) in [4.78, 5) is 19.8. The van der Waals surface area contributed by atoms with Crippen molar-refractivity contribution in [3.05, 3.63) is 16.8 Å². The summed E-state index contributed by atoms with van der Waals surface area (Å²) in [7, 11) is 0. The maximum Gasteiger partial charge on any atom is 0.318 e. The first-order chi connectivity index (χ1) is 14.6. The number of likely N-dealkylation sites (tertiary alicyclic amines) is 1. The Hall–Kier alpha value is -2.66. The summed E-state index contributed by atoms with van der Waals surface area (Å²) in [6.45, 7) is 6.08. The molecule has 1 aliphatic heterocycles. The Bertz CT molecular complexity index is 767. The van der Waals surface area contributed by atoms with Crippen LogP contribution in [-0.4, -0.2) is 52.7 Å². The summed E-state index contributed by atoms with van der Waals surface area (Å²) in [5, 5.41) is 16.5. The summed E-state index contributed by atoms with van der Waals surface area (Å²) in [6, 6.07) is 2.69. The van der Waals surface area contributed by atoms with Crippen molar-refractivity contribution in [3.8, 4) is 12.1 Å². The van der Waals surface area contributed by atoms with Crippen LogP contribution in [-0.2, 0) is 11.2 Å². The monoisotopic (exact) mass is 415 g/mol. The molecule has 3 N–H and O–H groups in total.